The Kier molecular flexibility index (Phi) is 3.72. The summed E-state index contributed by atoms with van der Waals surface area (Å²) >= 11 is 1.47. The molecule has 6 heteroatoms. The minimum atomic E-state index is -0.470. The fraction of sp³-hybridized carbons (Fsp3) is 0. The maximum absolute atomic E-state index is 13.3. The molecule has 0 aliphatic carbocycles. The van der Waals surface area contributed by atoms with Crippen molar-refractivity contribution in [2.45, 2.75) is 0 Å². The van der Waals surface area contributed by atoms with Gasteiger partial charge in [-0.3, -0.25) is 14.9 Å². The highest BCUT2D eigenvalue weighted by Crippen LogP contribution is 2.34. The lowest BCUT2D eigenvalue weighted by Gasteiger charge is -2.09. The van der Waals surface area contributed by atoms with Crippen LogP contribution in [0.5, 0.6) is 0 Å². The Morgan fingerprint density at radius 2 is 1.29 bits per heavy atom. The van der Waals surface area contributed by atoms with Gasteiger partial charge in [0.25, 0.3) is 5.69 Å². The molecule has 0 saturated heterocycles. The summed E-state index contributed by atoms with van der Waals surface area (Å²) in [5.74, 6) is 0. The molecule has 148 valence electrons. The molecule has 6 rings (SSSR count). The van der Waals surface area contributed by atoms with E-state index in [-0.39, 0.29) is 11.1 Å². The predicted molar refractivity (Wildman–Crippen MR) is 127 cm³/mol. The van der Waals surface area contributed by atoms with Crippen molar-refractivity contribution in [3.05, 3.63) is 105 Å². The molecule has 31 heavy (non-hydrogen) atoms. The van der Waals surface area contributed by atoms with Gasteiger partial charge >= 0.3 is 0 Å². The monoisotopic (exact) mass is 422 g/mol. The zero-order valence-corrected chi connectivity index (χ0v) is 16.9. The molecule has 2 heterocycles. The number of non-ortho nitro benzene ring substituents is 1. The fourth-order valence-corrected chi connectivity index (χ4v) is 5.32. The molecule has 0 aliphatic rings. The fourth-order valence-electron chi connectivity index (χ4n) is 4.29. The molecule has 0 fully saturated rings. The second-order valence-corrected chi connectivity index (χ2v) is 8.50. The third-order valence-corrected chi connectivity index (χ3v) is 6.84. The molecule has 0 radical (unpaired) electrons. The van der Waals surface area contributed by atoms with Gasteiger partial charge in [-0.1, -0.05) is 36.4 Å². The number of rotatable bonds is 2. The number of hydrogen-bond donors (Lipinski definition) is 0. The van der Waals surface area contributed by atoms with Crippen LogP contribution >= 0.6 is 11.3 Å². The van der Waals surface area contributed by atoms with Crippen molar-refractivity contribution in [3.8, 4) is 5.69 Å². The van der Waals surface area contributed by atoms with Crippen molar-refractivity contribution in [2.24, 2.45) is 0 Å². The Hall–Kier alpha value is -4.03. The van der Waals surface area contributed by atoms with E-state index in [1.54, 1.807) is 6.07 Å². The third-order valence-electron chi connectivity index (χ3n) is 5.68. The Morgan fingerprint density at radius 1 is 0.710 bits per heavy atom. The lowest BCUT2D eigenvalue weighted by Crippen LogP contribution is -2.03. The SMILES string of the molecule is O=c1c2cc(-n3c4ccccc4c4ccccc43)ccc2sc2ccc([N+](=O)[O-])cc12. The number of nitro benzene ring substituents is 1. The number of para-hydroxylation sites is 2. The van der Waals surface area contributed by atoms with E-state index in [1.807, 2.05) is 42.5 Å². The predicted octanol–water partition coefficient (Wildman–Crippen LogP) is 6.42. The number of nitro groups is 1. The molecule has 5 nitrogen and oxygen atoms in total. The first-order valence-corrected chi connectivity index (χ1v) is 10.6. The van der Waals surface area contributed by atoms with Gasteiger partial charge in [0.2, 0.25) is 0 Å². The topological polar surface area (TPSA) is 65.1 Å². The molecule has 0 bridgehead atoms. The van der Waals surface area contributed by atoms with Crippen molar-refractivity contribution >= 4 is 59.0 Å². The molecule has 0 N–H and O–H groups in total. The van der Waals surface area contributed by atoms with Gasteiger partial charge in [0.1, 0.15) is 0 Å². The van der Waals surface area contributed by atoms with E-state index < -0.39 is 4.92 Å². The van der Waals surface area contributed by atoms with Gasteiger partial charge in [-0.25, -0.2) is 0 Å². The van der Waals surface area contributed by atoms with E-state index in [1.165, 1.54) is 23.5 Å². The molecule has 6 aromatic rings. The number of hydrogen-bond acceptors (Lipinski definition) is 4. The summed E-state index contributed by atoms with van der Waals surface area (Å²) < 4.78 is 3.76. The summed E-state index contributed by atoms with van der Waals surface area (Å²) in [6.07, 6.45) is 0. The Morgan fingerprint density at radius 3 is 1.94 bits per heavy atom. The van der Waals surface area contributed by atoms with Crippen LogP contribution in [0.4, 0.5) is 5.69 Å². The minimum absolute atomic E-state index is 0.0743. The van der Waals surface area contributed by atoms with Gasteiger partial charge in [0.05, 0.1) is 16.0 Å². The van der Waals surface area contributed by atoms with Gasteiger partial charge in [-0.2, -0.15) is 0 Å². The first-order valence-electron chi connectivity index (χ1n) is 9.75. The molecule has 0 atom stereocenters. The van der Waals surface area contributed by atoms with Crippen LogP contribution < -0.4 is 5.43 Å². The first-order chi connectivity index (χ1) is 15.1. The summed E-state index contributed by atoms with van der Waals surface area (Å²) in [4.78, 5) is 24.0. The number of benzene rings is 4. The van der Waals surface area contributed by atoms with Crippen LogP contribution in [0.2, 0.25) is 0 Å². The number of aromatic nitrogens is 1. The Labute approximate surface area is 179 Å². The molecule has 0 unspecified atom stereocenters. The summed E-state index contributed by atoms with van der Waals surface area (Å²) in [6, 6.07) is 26.8. The highest BCUT2D eigenvalue weighted by molar-refractivity contribution is 7.24. The smallest absolute Gasteiger partial charge is 0.270 e. The van der Waals surface area contributed by atoms with Gasteiger partial charge in [-0.15, -0.1) is 11.3 Å². The van der Waals surface area contributed by atoms with Crippen LogP contribution in [-0.4, -0.2) is 9.49 Å². The van der Waals surface area contributed by atoms with Crippen LogP contribution in [0.3, 0.4) is 0 Å². The van der Waals surface area contributed by atoms with Crippen LogP contribution in [0.25, 0.3) is 47.7 Å². The van der Waals surface area contributed by atoms with Crippen molar-refractivity contribution in [1.29, 1.82) is 0 Å². The van der Waals surface area contributed by atoms with E-state index in [9.17, 15) is 14.9 Å². The summed E-state index contributed by atoms with van der Waals surface area (Å²) in [5.41, 5.74) is 2.76. The molecule has 2 aromatic heterocycles. The molecule has 0 aliphatic heterocycles. The van der Waals surface area contributed by atoms with E-state index >= 15 is 0 Å². The van der Waals surface area contributed by atoms with E-state index in [4.69, 9.17) is 0 Å². The van der Waals surface area contributed by atoms with E-state index in [0.717, 1.165) is 36.9 Å². The third kappa shape index (κ3) is 2.59. The Bertz CT molecular complexity index is 1690. The normalized spacial score (nSPS) is 11.6. The maximum Gasteiger partial charge on any atom is 0.270 e. The summed E-state index contributed by atoms with van der Waals surface area (Å²) in [7, 11) is 0. The van der Waals surface area contributed by atoms with Crippen LogP contribution in [0.15, 0.2) is 89.7 Å². The average molecular weight is 422 g/mol. The number of nitrogens with zero attached hydrogens (tertiary/aromatic N) is 2. The molecule has 0 saturated carbocycles. The van der Waals surface area contributed by atoms with Gasteiger partial charge in [-0.05, 0) is 36.4 Å². The standard InChI is InChI=1S/C25H14N2O3S/c28-25-19-13-15(9-11-23(19)31-24-12-10-16(27(29)30)14-20(24)25)26-21-7-3-1-5-17(21)18-6-2-4-8-22(18)26/h1-14H. The van der Waals surface area contributed by atoms with Gasteiger partial charge < -0.3 is 4.57 Å². The largest absolute Gasteiger partial charge is 0.309 e. The van der Waals surface area contributed by atoms with E-state index in [0.29, 0.717) is 10.8 Å². The maximum atomic E-state index is 13.3. The van der Waals surface area contributed by atoms with Crippen molar-refractivity contribution in [2.75, 3.05) is 0 Å². The zero-order valence-electron chi connectivity index (χ0n) is 16.1. The second-order valence-electron chi connectivity index (χ2n) is 7.42. The van der Waals surface area contributed by atoms with Gasteiger partial charge in [0.15, 0.2) is 5.43 Å². The van der Waals surface area contributed by atoms with E-state index in [2.05, 4.69) is 28.8 Å². The lowest BCUT2D eigenvalue weighted by molar-refractivity contribution is -0.384. The second kappa shape index (κ2) is 6.48. The minimum Gasteiger partial charge on any atom is -0.309 e. The number of fused-ring (bicyclic) bond motifs is 5. The molecule has 0 amide bonds. The first kappa shape index (κ1) is 17.8. The van der Waals surface area contributed by atoms with Crippen molar-refractivity contribution in [1.82, 2.24) is 4.57 Å². The van der Waals surface area contributed by atoms with Crippen LogP contribution in [0.1, 0.15) is 0 Å². The molecular formula is C25H14N2O3S. The van der Waals surface area contributed by atoms with Crippen LogP contribution in [0, 0.1) is 10.1 Å². The quantitative estimate of drug-likeness (QED) is 0.184. The summed E-state index contributed by atoms with van der Waals surface area (Å²) in [6.45, 7) is 0. The zero-order chi connectivity index (χ0) is 21.1. The van der Waals surface area contributed by atoms with Crippen molar-refractivity contribution < 1.29 is 4.92 Å². The highest BCUT2D eigenvalue weighted by atomic mass is 32.1. The average Bonchev–Trinajstić information content (AvgIpc) is 3.13. The van der Waals surface area contributed by atoms with Crippen molar-refractivity contribution in [3.63, 3.8) is 0 Å². The molecule has 4 aromatic carbocycles. The lowest BCUT2D eigenvalue weighted by atomic mass is 10.1. The van der Waals surface area contributed by atoms with Gasteiger partial charge in [0, 0.05) is 48.8 Å². The highest BCUT2D eigenvalue weighted by Gasteiger charge is 2.15. The molecule has 0 spiro atoms. The molecular weight excluding hydrogens is 408 g/mol. The van der Waals surface area contributed by atoms with Crippen LogP contribution in [-0.2, 0) is 0 Å². The Balaban J connectivity index is 1.69. The summed E-state index contributed by atoms with van der Waals surface area (Å²) in [5, 5.41) is 14.4.